The van der Waals surface area contributed by atoms with Gasteiger partial charge in [-0.15, -0.1) is 34.8 Å². The lowest BCUT2D eigenvalue weighted by Crippen LogP contribution is -2.25. The quantitative estimate of drug-likeness (QED) is 0.512. The van der Waals surface area contributed by atoms with Gasteiger partial charge in [0.2, 0.25) is 0 Å². The Morgan fingerprint density at radius 2 is 1.56 bits per heavy atom. The molecule has 0 saturated heterocycles. The van der Waals surface area contributed by atoms with Gasteiger partial charge in [-0.2, -0.15) is 0 Å². The maximum Gasteiger partial charge on any atom is 0.0513 e. The van der Waals surface area contributed by atoms with E-state index in [1.807, 2.05) is 0 Å². The SMILES string of the molecule is ClC1CCC(Cl)C(Cl)C1. The van der Waals surface area contributed by atoms with E-state index >= 15 is 0 Å². The fourth-order valence-corrected chi connectivity index (χ4v) is 2.01. The summed E-state index contributed by atoms with van der Waals surface area (Å²) in [5, 5.41) is 0.479. The molecule has 3 atom stereocenters. The Bertz CT molecular complexity index is 94.3. The molecular formula is C6H9Cl3. The first-order chi connectivity index (χ1) is 4.20. The van der Waals surface area contributed by atoms with E-state index in [-0.39, 0.29) is 16.1 Å². The maximum absolute atomic E-state index is 5.85. The average Bonchev–Trinajstić information content (AvgIpc) is 1.80. The maximum atomic E-state index is 5.85. The van der Waals surface area contributed by atoms with Crippen LogP contribution in [-0.4, -0.2) is 16.1 Å². The smallest absolute Gasteiger partial charge is 0.0513 e. The molecule has 1 fully saturated rings. The zero-order chi connectivity index (χ0) is 6.85. The molecule has 0 aromatic rings. The monoisotopic (exact) mass is 186 g/mol. The van der Waals surface area contributed by atoms with Crippen LogP contribution in [0, 0.1) is 0 Å². The van der Waals surface area contributed by atoms with Crippen molar-refractivity contribution in [3.63, 3.8) is 0 Å². The lowest BCUT2D eigenvalue weighted by atomic mass is 9.99. The summed E-state index contributed by atoms with van der Waals surface area (Å²) >= 11 is 17.5. The molecule has 1 aliphatic carbocycles. The van der Waals surface area contributed by atoms with Crippen LogP contribution in [-0.2, 0) is 0 Å². The van der Waals surface area contributed by atoms with Gasteiger partial charge in [-0.05, 0) is 19.3 Å². The van der Waals surface area contributed by atoms with Crippen LogP contribution >= 0.6 is 34.8 Å². The van der Waals surface area contributed by atoms with Gasteiger partial charge in [-0.1, -0.05) is 0 Å². The highest BCUT2D eigenvalue weighted by molar-refractivity contribution is 6.31. The molecule has 3 unspecified atom stereocenters. The second kappa shape index (κ2) is 3.32. The number of rotatable bonds is 0. The fraction of sp³-hybridized carbons (Fsp3) is 1.00. The lowest BCUT2D eigenvalue weighted by Gasteiger charge is -2.24. The summed E-state index contributed by atoms with van der Waals surface area (Å²) in [6.45, 7) is 0. The molecule has 0 bridgehead atoms. The molecule has 0 radical (unpaired) electrons. The van der Waals surface area contributed by atoms with Gasteiger partial charge >= 0.3 is 0 Å². The highest BCUT2D eigenvalue weighted by Crippen LogP contribution is 2.30. The summed E-state index contributed by atoms with van der Waals surface area (Å²) in [6.07, 6.45) is 2.83. The molecule has 0 N–H and O–H groups in total. The van der Waals surface area contributed by atoms with Crippen LogP contribution in [0.3, 0.4) is 0 Å². The second-order valence-corrected chi connectivity index (χ2v) is 4.18. The first kappa shape index (κ1) is 7.97. The van der Waals surface area contributed by atoms with Crippen molar-refractivity contribution in [1.29, 1.82) is 0 Å². The van der Waals surface area contributed by atoms with E-state index < -0.39 is 0 Å². The lowest BCUT2D eigenvalue weighted by molar-refractivity contribution is 0.524. The Morgan fingerprint density at radius 3 is 2.00 bits per heavy atom. The minimum Gasteiger partial charge on any atom is -0.123 e. The van der Waals surface area contributed by atoms with Crippen molar-refractivity contribution in [2.24, 2.45) is 0 Å². The molecule has 3 heteroatoms. The molecule has 1 saturated carbocycles. The van der Waals surface area contributed by atoms with Crippen LogP contribution in [0.25, 0.3) is 0 Å². The van der Waals surface area contributed by atoms with Crippen molar-refractivity contribution in [3.05, 3.63) is 0 Å². The van der Waals surface area contributed by atoms with Gasteiger partial charge in [0, 0.05) is 5.38 Å². The fourth-order valence-electron chi connectivity index (χ4n) is 1.03. The van der Waals surface area contributed by atoms with Crippen LogP contribution in [0.2, 0.25) is 0 Å². The van der Waals surface area contributed by atoms with Crippen molar-refractivity contribution in [2.45, 2.75) is 35.4 Å². The van der Waals surface area contributed by atoms with Crippen LogP contribution in [0.1, 0.15) is 19.3 Å². The molecule has 0 heterocycles. The van der Waals surface area contributed by atoms with E-state index in [9.17, 15) is 0 Å². The van der Waals surface area contributed by atoms with E-state index in [1.165, 1.54) is 0 Å². The van der Waals surface area contributed by atoms with Crippen LogP contribution in [0.4, 0.5) is 0 Å². The third kappa shape index (κ3) is 2.18. The minimum atomic E-state index is 0.0860. The molecule has 1 rings (SSSR count). The Hall–Kier alpha value is 0.870. The van der Waals surface area contributed by atoms with Crippen molar-refractivity contribution in [1.82, 2.24) is 0 Å². The molecule has 0 aromatic heterocycles. The second-order valence-electron chi connectivity index (χ2n) is 2.44. The number of halogens is 3. The summed E-state index contributed by atoms with van der Waals surface area (Å²) < 4.78 is 0. The van der Waals surface area contributed by atoms with Crippen molar-refractivity contribution in [2.75, 3.05) is 0 Å². The summed E-state index contributed by atoms with van der Waals surface area (Å²) in [7, 11) is 0. The molecule has 9 heavy (non-hydrogen) atoms. The molecule has 54 valence electrons. The van der Waals surface area contributed by atoms with E-state index in [4.69, 9.17) is 34.8 Å². The molecule has 0 spiro atoms. The van der Waals surface area contributed by atoms with E-state index in [0.717, 1.165) is 19.3 Å². The zero-order valence-corrected chi connectivity index (χ0v) is 7.26. The van der Waals surface area contributed by atoms with Gasteiger partial charge in [0.1, 0.15) is 0 Å². The Balaban J connectivity index is 2.35. The van der Waals surface area contributed by atoms with Gasteiger partial charge < -0.3 is 0 Å². The molecule has 1 aliphatic rings. The largest absolute Gasteiger partial charge is 0.123 e. The van der Waals surface area contributed by atoms with Crippen LogP contribution in [0.15, 0.2) is 0 Å². The predicted octanol–water partition coefficient (Wildman–Crippen LogP) is 2.99. The van der Waals surface area contributed by atoms with Gasteiger partial charge in [-0.25, -0.2) is 0 Å². The normalized spacial score (nSPS) is 45.0. The van der Waals surface area contributed by atoms with Crippen molar-refractivity contribution < 1.29 is 0 Å². The highest BCUT2D eigenvalue weighted by Gasteiger charge is 2.25. The summed E-state index contributed by atoms with van der Waals surface area (Å²) in [6, 6.07) is 0. The van der Waals surface area contributed by atoms with E-state index in [1.54, 1.807) is 0 Å². The number of hydrogen-bond acceptors (Lipinski definition) is 0. The molecule has 0 aliphatic heterocycles. The Morgan fingerprint density at radius 1 is 0.889 bits per heavy atom. The number of hydrogen-bond donors (Lipinski definition) is 0. The first-order valence-electron chi connectivity index (χ1n) is 3.12. The molecule has 0 aromatic carbocycles. The van der Waals surface area contributed by atoms with E-state index in [2.05, 4.69) is 0 Å². The van der Waals surface area contributed by atoms with Gasteiger partial charge in [0.05, 0.1) is 10.8 Å². The van der Waals surface area contributed by atoms with Crippen LogP contribution < -0.4 is 0 Å². The Kier molecular flexibility index (Phi) is 2.94. The zero-order valence-electron chi connectivity index (χ0n) is 4.99. The minimum absolute atomic E-state index is 0.0860. The van der Waals surface area contributed by atoms with Gasteiger partial charge in [0.25, 0.3) is 0 Å². The predicted molar refractivity (Wildman–Crippen MR) is 42.8 cm³/mol. The van der Waals surface area contributed by atoms with Crippen molar-refractivity contribution >= 4 is 34.8 Å². The Labute approximate surface area is 70.5 Å². The van der Waals surface area contributed by atoms with Crippen LogP contribution in [0.5, 0.6) is 0 Å². The number of alkyl halides is 3. The third-order valence-corrected chi connectivity index (χ3v) is 3.16. The standard InChI is InChI=1S/C6H9Cl3/c7-4-1-2-5(8)6(9)3-4/h4-6H,1-3H2. The van der Waals surface area contributed by atoms with Gasteiger partial charge in [-0.3, -0.25) is 0 Å². The highest BCUT2D eigenvalue weighted by atomic mass is 35.5. The van der Waals surface area contributed by atoms with Crippen molar-refractivity contribution in [3.8, 4) is 0 Å². The average molecular weight is 187 g/mol. The van der Waals surface area contributed by atoms with Gasteiger partial charge in [0.15, 0.2) is 0 Å². The third-order valence-electron chi connectivity index (χ3n) is 1.63. The topological polar surface area (TPSA) is 0 Å². The first-order valence-corrected chi connectivity index (χ1v) is 4.43. The summed E-state index contributed by atoms with van der Waals surface area (Å²) in [5.41, 5.74) is 0. The van der Waals surface area contributed by atoms with E-state index in [0.29, 0.717) is 0 Å². The summed E-state index contributed by atoms with van der Waals surface area (Å²) in [4.78, 5) is 0. The molecule has 0 nitrogen and oxygen atoms in total. The summed E-state index contributed by atoms with van der Waals surface area (Å²) in [5.74, 6) is 0. The molecule has 0 amide bonds. The molecular weight excluding hydrogens is 178 g/mol.